The van der Waals surface area contributed by atoms with E-state index in [0.717, 1.165) is 12.8 Å². The van der Waals surface area contributed by atoms with E-state index < -0.39 is 5.97 Å². The third-order valence-electron chi connectivity index (χ3n) is 2.05. The van der Waals surface area contributed by atoms with Crippen molar-refractivity contribution in [2.45, 2.75) is 25.7 Å². The highest BCUT2D eigenvalue weighted by molar-refractivity contribution is 5.80. The highest BCUT2D eigenvalue weighted by Gasteiger charge is 2.05. The number of carboxylic acids is 1. The summed E-state index contributed by atoms with van der Waals surface area (Å²) >= 11 is 0. The molecule has 0 aromatic heterocycles. The van der Waals surface area contributed by atoms with Gasteiger partial charge in [-0.05, 0) is 12.0 Å². The number of carbonyl (C=O) groups is 2. The standard InChI is InChI=1S/C10H14N2O3/c13-9(1-2-10(14)15)12-6-4-8-3-5-11-7-8/h5,7H,1-4,6H2,(H,12,13)(H,14,15). The summed E-state index contributed by atoms with van der Waals surface area (Å²) in [5.74, 6) is -1.16. The maximum atomic E-state index is 11.1. The van der Waals surface area contributed by atoms with E-state index >= 15 is 0 Å². The number of aliphatic carboxylic acids is 1. The lowest BCUT2D eigenvalue weighted by Gasteiger charge is -2.03. The molecule has 1 amide bonds. The summed E-state index contributed by atoms with van der Waals surface area (Å²) in [6, 6.07) is 0. The van der Waals surface area contributed by atoms with Crippen LogP contribution >= 0.6 is 0 Å². The maximum Gasteiger partial charge on any atom is 0.303 e. The van der Waals surface area contributed by atoms with Gasteiger partial charge in [-0.15, -0.1) is 0 Å². The second-order valence-corrected chi connectivity index (χ2v) is 3.32. The summed E-state index contributed by atoms with van der Waals surface area (Å²) in [7, 11) is 0. The van der Waals surface area contributed by atoms with Gasteiger partial charge >= 0.3 is 5.97 Å². The van der Waals surface area contributed by atoms with Crippen LogP contribution in [0.15, 0.2) is 16.8 Å². The van der Waals surface area contributed by atoms with Gasteiger partial charge in [0.2, 0.25) is 5.91 Å². The Labute approximate surface area is 87.9 Å². The lowest BCUT2D eigenvalue weighted by Crippen LogP contribution is -2.25. The van der Waals surface area contributed by atoms with Crippen molar-refractivity contribution in [3.8, 4) is 0 Å². The average Bonchev–Trinajstić information content (AvgIpc) is 2.67. The van der Waals surface area contributed by atoms with Gasteiger partial charge in [0.25, 0.3) is 0 Å². The van der Waals surface area contributed by atoms with Crippen LogP contribution in [0.5, 0.6) is 0 Å². The molecular formula is C10H14N2O3. The molecule has 0 aromatic carbocycles. The number of carbonyl (C=O) groups excluding carboxylic acids is 1. The first-order chi connectivity index (χ1) is 7.18. The van der Waals surface area contributed by atoms with Gasteiger partial charge in [-0.2, -0.15) is 0 Å². The fourth-order valence-electron chi connectivity index (χ4n) is 1.22. The SMILES string of the molecule is O=C(O)CCC(=O)NCCC1=CN=CC1. The average molecular weight is 210 g/mol. The molecule has 0 radical (unpaired) electrons. The molecule has 0 saturated heterocycles. The van der Waals surface area contributed by atoms with Crippen LogP contribution in [0.3, 0.4) is 0 Å². The number of amides is 1. The molecule has 2 N–H and O–H groups in total. The van der Waals surface area contributed by atoms with Gasteiger partial charge in [0.05, 0.1) is 6.42 Å². The monoisotopic (exact) mass is 210 g/mol. The number of hydrogen-bond acceptors (Lipinski definition) is 3. The van der Waals surface area contributed by atoms with Crippen molar-refractivity contribution in [2.24, 2.45) is 4.99 Å². The summed E-state index contributed by atoms with van der Waals surface area (Å²) in [5, 5.41) is 11.0. The topological polar surface area (TPSA) is 78.8 Å². The molecule has 0 fully saturated rings. The number of aliphatic imine (C=N–C) groups is 1. The molecule has 15 heavy (non-hydrogen) atoms. The van der Waals surface area contributed by atoms with E-state index in [9.17, 15) is 9.59 Å². The van der Waals surface area contributed by atoms with Crippen molar-refractivity contribution in [1.82, 2.24) is 5.32 Å². The van der Waals surface area contributed by atoms with E-state index in [1.807, 2.05) is 6.21 Å². The van der Waals surface area contributed by atoms with E-state index in [0.29, 0.717) is 6.54 Å². The minimum atomic E-state index is -0.947. The van der Waals surface area contributed by atoms with E-state index in [-0.39, 0.29) is 18.7 Å². The van der Waals surface area contributed by atoms with Crippen molar-refractivity contribution in [2.75, 3.05) is 6.54 Å². The zero-order valence-corrected chi connectivity index (χ0v) is 8.40. The molecule has 1 rings (SSSR count). The second kappa shape index (κ2) is 5.95. The number of carboxylic acid groups (broad SMARTS) is 1. The van der Waals surface area contributed by atoms with Crippen molar-refractivity contribution in [3.05, 3.63) is 11.8 Å². The van der Waals surface area contributed by atoms with Crippen LogP contribution in [0, 0.1) is 0 Å². The Kier molecular flexibility index (Phi) is 4.53. The summed E-state index contributed by atoms with van der Waals surface area (Å²) in [6.07, 6.45) is 5.18. The molecule has 1 aliphatic rings. The fourth-order valence-corrected chi connectivity index (χ4v) is 1.22. The quantitative estimate of drug-likeness (QED) is 0.677. The van der Waals surface area contributed by atoms with Crippen LogP contribution in [0.25, 0.3) is 0 Å². The van der Waals surface area contributed by atoms with Crippen molar-refractivity contribution < 1.29 is 14.7 Å². The molecule has 0 aromatic rings. The predicted molar refractivity (Wildman–Crippen MR) is 55.7 cm³/mol. The van der Waals surface area contributed by atoms with Crippen LogP contribution in [-0.2, 0) is 9.59 Å². The Morgan fingerprint density at radius 2 is 2.27 bits per heavy atom. The first kappa shape index (κ1) is 11.4. The maximum absolute atomic E-state index is 11.1. The molecule has 1 heterocycles. The third-order valence-corrected chi connectivity index (χ3v) is 2.05. The van der Waals surface area contributed by atoms with Crippen molar-refractivity contribution in [1.29, 1.82) is 0 Å². The minimum Gasteiger partial charge on any atom is -0.481 e. The molecule has 5 heteroatoms. The first-order valence-electron chi connectivity index (χ1n) is 4.86. The molecule has 0 aliphatic carbocycles. The van der Waals surface area contributed by atoms with E-state index in [2.05, 4.69) is 10.3 Å². The molecular weight excluding hydrogens is 196 g/mol. The molecule has 5 nitrogen and oxygen atoms in total. The van der Waals surface area contributed by atoms with Gasteiger partial charge in [-0.25, -0.2) is 0 Å². The molecule has 0 saturated carbocycles. The fraction of sp³-hybridized carbons (Fsp3) is 0.500. The molecule has 0 spiro atoms. The second-order valence-electron chi connectivity index (χ2n) is 3.32. The lowest BCUT2D eigenvalue weighted by atomic mass is 10.1. The van der Waals surface area contributed by atoms with Crippen LogP contribution in [0.2, 0.25) is 0 Å². The Hall–Kier alpha value is -1.65. The number of rotatable bonds is 6. The first-order valence-corrected chi connectivity index (χ1v) is 4.86. The van der Waals surface area contributed by atoms with E-state index in [1.54, 1.807) is 6.20 Å². The van der Waals surface area contributed by atoms with Gasteiger partial charge in [0, 0.05) is 31.8 Å². The van der Waals surface area contributed by atoms with Crippen LogP contribution in [0.4, 0.5) is 0 Å². The normalized spacial score (nSPS) is 13.7. The molecule has 82 valence electrons. The number of nitrogens with one attached hydrogen (secondary N) is 1. The molecule has 0 unspecified atom stereocenters. The van der Waals surface area contributed by atoms with Crippen LogP contribution < -0.4 is 5.32 Å². The minimum absolute atomic E-state index is 0.0465. The van der Waals surface area contributed by atoms with Crippen molar-refractivity contribution in [3.63, 3.8) is 0 Å². The molecule has 1 aliphatic heterocycles. The Balaban J connectivity index is 2.04. The molecule has 0 bridgehead atoms. The Bertz CT molecular complexity index is 308. The third kappa shape index (κ3) is 4.95. The lowest BCUT2D eigenvalue weighted by molar-refractivity contribution is -0.138. The van der Waals surface area contributed by atoms with Gasteiger partial charge in [-0.1, -0.05) is 0 Å². The smallest absolute Gasteiger partial charge is 0.303 e. The molecule has 0 atom stereocenters. The summed E-state index contributed by atoms with van der Waals surface area (Å²) in [4.78, 5) is 25.2. The number of hydrogen-bond donors (Lipinski definition) is 2. The van der Waals surface area contributed by atoms with Crippen molar-refractivity contribution >= 4 is 18.1 Å². The summed E-state index contributed by atoms with van der Waals surface area (Å²) in [5.41, 5.74) is 1.19. The summed E-state index contributed by atoms with van der Waals surface area (Å²) in [6.45, 7) is 0.549. The Morgan fingerprint density at radius 3 is 2.87 bits per heavy atom. The highest BCUT2D eigenvalue weighted by atomic mass is 16.4. The van der Waals surface area contributed by atoms with E-state index in [4.69, 9.17) is 5.11 Å². The van der Waals surface area contributed by atoms with Gasteiger partial charge < -0.3 is 10.4 Å². The van der Waals surface area contributed by atoms with Gasteiger partial charge in [-0.3, -0.25) is 14.6 Å². The van der Waals surface area contributed by atoms with Gasteiger partial charge in [0.1, 0.15) is 0 Å². The van der Waals surface area contributed by atoms with Gasteiger partial charge in [0.15, 0.2) is 0 Å². The van der Waals surface area contributed by atoms with Crippen LogP contribution in [0.1, 0.15) is 25.7 Å². The largest absolute Gasteiger partial charge is 0.481 e. The zero-order chi connectivity index (χ0) is 11.1. The summed E-state index contributed by atoms with van der Waals surface area (Å²) < 4.78 is 0. The van der Waals surface area contributed by atoms with E-state index in [1.165, 1.54) is 5.57 Å². The highest BCUT2D eigenvalue weighted by Crippen LogP contribution is 2.09. The number of nitrogens with zero attached hydrogens (tertiary/aromatic N) is 1. The zero-order valence-electron chi connectivity index (χ0n) is 8.40. The Morgan fingerprint density at radius 1 is 1.47 bits per heavy atom. The van der Waals surface area contributed by atoms with Crippen LogP contribution in [-0.4, -0.2) is 29.7 Å². The predicted octanol–water partition coefficient (Wildman–Crippen LogP) is 0.716.